The summed E-state index contributed by atoms with van der Waals surface area (Å²) < 4.78 is 2.18. The Labute approximate surface area is 161 Å². The average molecular weight is 370 g/mol. The molecule has 2 saturated heterocycles. The minimum atomic E-state index is 0.157. The number of hydrogen-bond donors (Lipinski definition) is 1. The van der Waals surface area contributed by atoms with E-state index in [1.807, 2.05) is 4.90 Å². The molecule has 2 aliphatic rings. The number of benzene rings is 1. The van der Waals surface area contributed by atoms with Crippen LogP contribution in [0.5, 0.6) is 0 Å². The summed E-state index contributed by atoms with van der Waals surface area (Å²) >= 11 is 0. The smallest absolute Gasteiger partial charge is 0.222 e. The molecule has 2 aromatic rings. The third kappa shape index (κ3) is 3.90. The summed E-state index contributed by atoms with van der Waals surface area (Å²) in [6, 6.07) is 8.95. The maximum absolute atomic E-state index is 12.3. The van der Waals surface area contributed by atoms with Crippen LogP contribution < -0.4 is 0 Å². The molecule has 2 aliphatic heterocycles. The quantitative estimate of drug-likeness (QED) is 0.882. The van der Waals surface area contributed by atoms with E-state index in [-0.39, 0.29) is 17.9 Å². The van der Waals surface area contributed by atoms with Crippen LogP contribution in [-0.2, 0) is 18.4 Å². The van der Waals surface area contributed by atoms with Crippen LogP contribution >= 0.6 is 0 Å². The van der Waals surface area contributed by atoms with Crippen molar-refractivity contribution in [3.8, 4) is 0 Å². The number of aliphatic hydroxyl groups excluding tert-OH is 1. The lowest BCUT2D eigenvalue weighted by Gasteiger charge is -2.48. The second kappa shape index (κ2) is 7.64. The Balaban J connectivity index is 1.45. The maximum atomic E-state index is 12.3. The second-order valence-electron chi connectivity index (χ2n) is 8.53. The summed E-state index contributed by atoms with van der Waals surface area (Å²) in [7, 11) is 2.10. The molecule has 0 saturated carbocycles. The molecular weight excluding hydrogens is 338 g/mol. The van der Waals surface area contributed by atoms with Crippen molar-refractivity contribution in [2.24, 2.45) is 12.5 Å². The molecule has 146 valence electrons. The van der Waals surface area contributed by atoms with Gasteiger partial charge in [-0.05, 0) is 55.3 Å². The van der Waals surface area contributed by atoms with Crippen molar-refractivity contribution in [1.82, 2.24) is 14.4 Å². The van der Waals surface area contributed by atoms with Crippen LogP contribution in [0.25, 0.3) is 10.9 Å². The van der Waals surface area contributed by atoms with Gasteiger partial charge in [0.05, 0.1) is 0 Å². The van der Waals surface area contributed by atoms with Crippen molar-refractivity contribution in [1.29, 1.82) is 0 Å². The van der Waals surface area contributed by atoms with Crippen LogP contribution in [0.1, 0.15) is 37.7 Å². The number of rotatable bonds is 5. The second-order valence-corrected chi connectivity index (χ2v) is 8.53. The summed E-state index contributed by atoms with van der Waals surface area (Å²) in [6.07, 6.45) is 6.88. The van der Waals surface area contributed by atoms with Gasteiger partial charge in [-0.1, -0.05) is 12.1 Å². The van der Waals surface area contributed by atoms with Gasteiger partial charge in [-0.25, -0.2) is 0 Å². The first-order chi connectivity index (χ1) is 13.1. The summed E-state index contributed by atoms with van der Waals surface area (Å²) in [5, 5.41) is 10.4. The SMILES string of the molecule is Cn1ccc2ccc(CN3CCCC4(CCC(=O)N(CCCO)C4)C3)cc21. The minimum Gasteiger partial charge on any atom is -0.396 e. The first-order valence-corrected chi connectivity index (χ1v) is 10.2. The molecule has 2 fully saturated rings. The summed E-state index contributed by atoms with van der Waals surface area (Å²) in [4.78, 5) is 16.8. The van der Waals surface area contributed by atoms with E-state index >= 15 is 0 Å². The number of nitrogens with zero attached hydrogens (tertiary/aromatic N) is 3. The van der Waals surface area contributed by atoms with Gasteiger partial charge in [0.2, 0.25) is 5.91 Å². The first-order valence-electron chi connectivity index (χ1n) is 10.2. The predicted molar refractivity (Wildman–Crippen MR) is 107 cm³/mol. The molecule has 0 bridgehead atoms. The molecule has 27 heavy (non-hydrogen) atoms. The fourth-order valence-electron chi connectivity index (χ4n) is 5.01. The molecule has 1 aromatic heterocycles. The maximum Gasteiger partial charge on any atom is 0.222 e. The molecular formula is C22H31N3O2. The molecule has 1 amide bonds. The Bertz CT molecular complexity index is 815. The van der Waals surface area contributed by atoms with Gasteiger partial charge in [0.25, 0.3) is 0 Å². The number of carbonyl (C=O) groups is 1. The molecule has 3 heterocycles. The van der Waals surface area contributed by atoms with Gasteiger partial charge in [0.15, 0.2) is 0 Å². The highest BCUT2D eigenvalue weighted by Gasteiger charge is 2.41. The topological polar surface area (TPSA) is 48.7 Å². The summed E-state index contributed by atoms with van der Waals surface area (Å²) in [6.45, 7) is 4.90. The molecule has 5 nitrogen and oxygen atoms in total. The fourth-order valence-corrected chi connectivity index (χ4v) is 5.01. The fraction of sp³-hybridized carbons (Fsp3) is 0.591. The number of aliphatic hydroxyl groups is 1. The normalized spacial score (nSPS) is 24.2. The number of likely N-dealkylation sites (tertiary alicyclic amines) is 2. The molecule has 1 unspecified atom stereocenters. The van der Waals surface area contributed by atoms with Crippen molar-refractivity contribution >= 4 is 16.8 Å². The first kappa shape index (κ1) is 18.5. The Hall–Kier alpha value is -1.85. The van der Waals surface area contributed by atoms with Crippen LogP contribution in [0, 0.1) is 5.41 Å². The van der Waals surface area contributed by atoms with Crippen molar-refractivity contribution in [3.63, 3.8) is 0 Å². The number of carbonyl (C=O) groups excluding carboxylic acids is 1. The lowest BCUT2D eigenvalue weighted by atomic mass is 9.73. The highest BCUT2D eigenvalue weighted by molar-refractivity contribution is 5.80. The lowest BCUT2D eigenvalue weighted by molar-refractivity contribution is -0.139. The Morgan fingerprint density at radius 1 is 1.19 bits per heavy atom. The zero-order valence-corrected chi connectivity index (χ0v) is 16.4. The van der Waals surface area contributed by atoms with E-state index in [0.29, 0.717) is 19.4 Å². The summed E-state index contributed by atoms with van der Waals surface area (Å²) in [5.41, 5.74) is 2.89. The number of amides is 1. The number of piperidine rings is 2. The average Bonchev–Trinajstić information content (AvgIpc) is 3.03. The van der Waals surface area contributed by atoms with E-state index in [2.05, 4.69) is 47.0 Å². The molecule has 0 aliphatic carbocycles. The van der Waals surface area contributed by atoms with Gasteiger partial charge in [0.1, 0.15) is 0 Å². The standard InChI is InChI=1S/C22H31N3O2/c1-23-12-7-19-5-4-18(14-20(19)23)15-24-10-2-8-22(16-24)9-6-21(27)25(17-22)11-3-13-26/h4-5,7,12,14,26H,2-3,6,8-11,13,15-17H2,1H3. The number of aromatic nitrogens is 1. The number of fused-ring (bicyclic) bond motifs is 1. The van der Waals surface area contributed by atoms with Crippen LogP contribution in [0.3, 0.4) is 0 Å². The van der Waals surface area contributed by atoms with Crippen LogP contribution in [-0.4, -0.2) is 58.2 Å². The largest absolute Gasteiger partial charge is 0.396 e. The molecule has 1 N–H and O–H groups in total. The highest BCUT2D eigenvalue weighted by atomic mass is 16.3. The van der Waals surface area contributed by atoms with E-state index in [9.17, 15) is 4.79 Å². The van der Waals surface area contributed by atoms with E-state index in [1.165, 1.54) is 29.3 Å². The van der Waals surface area contributed by atoms with Gasteiger partial charge < -0.3 is 14.6 Å². The van der Waals surface area contributed by atoms with E-state index in [1.54, 1.807) is 0 Å². The molecule has 1 aromatic carbocycles. The van der Waals surface area contributed by atoms with Gasteiger partial charge in [-0.2, -0.15) is 0 Å². The third-order valence-corrected chi connectivity index (χ3v) is 6.43. The van der Waals surface area contributed by atoms with Gasteiger partial charge in [-0.15, -0.1) is 0 Å². The lowest BCUT2D eigenvalue weighted by Crippen LogP contribution is -2.54. The molecule has 1 atom stereocenters. The van der Waals surface area contributed by atoms with E-state index in [0.717, 1.165) is 32.6 Å². The zero-order valence-electron chi connectivity index (χ0n) is 16.4. The van der Waals surface area contributed by atoms with Crippen molar-refractivity contribution < 1.29 is 9.90 Å². The van der Waals surface area contributed by atoms with Crippen molar-refractivity contribution in [2.75, 3.05) is 32.8 Å². The molecule has 4 rings (SSSR count). The zero-order chi connectivity index (χ0) is 18.9. The number of aryl methyl sites for hydroxylation is 1. The van der Waals surface area contributed by atoms with Crippen LogP contribution in [0.15, 0.2) is 30.5 Å². The van der Waals surface area contributed by atoms with E-state index < -0.39 is 0 Å². The van der Waals surface area contributed by atoms with Gasteiger partial charge in [-0.3, -0.25) is 9.69 Å². The highest BCUT2D eigenvalue weighted by Crippen LogP contribution is 2.39. The van der Waals surface area contributed by atoms with Crippen LogP contribution in [0.2, 0.25) is 0 Å². The van der Waals surface area contributed by atoms with Crippen LogP contribution in [0.4, 0.5) is 0 Å². The van der Waals surface area contributed by atoms with Gasteiger partial charge in [0, 0.05) is 63.4 Å². The van der Waals surface area contributed by atoms with Crippen molar-refractivity contribution in [3.05, 3.63) is 36.0 Å². The molecule has 5 heteroatoms. The van der Waals surface area contributed by atoms with Gasteiger partial charge >= 0.3 is 0 Å². The predicted octanol–water partition coefficient (Wildman–Crippen LogP) is 2.77. The Morgan fingerprint density at radius 2 is 2.07 bits per heavy atom. The monoisotopic (exact) mass is 369 g/mol. The van der Waals surface area contributed by atoms with E-state index in [4.69, 9.17) is 5.11 Å². The Kier molecular flexibility index (Phi) is 5.24. The third-order valence-electron chi connectivity index (χ3n) is 6.43. The minimum absolute atomic E-state index is 0.157. The Morgan fingerprint density at radius 3 is 2.93 bits per heavy atom. The molecule has 0 radical (unpaired) electrons. The van der Waals surface area contributed by atoms with Crippen molar-refractivity contribution in [2.45, 2.75) is 38.6 Å². The molecule has 1 spiro atoms. The number of hydrogen-bond acceptors (Lipinski definition) is 3. The summed E-state index contributed by atoms with van der Waals surface area (Å²) in [5.74, 6) is 0.264.